The zero-order valence-corrected chi connectivity index (χ0v) is 32.2. The molecule has 4 N–H and O–H groups in total. The van der Waals surface area contributed by atoms with Crippen molar-refractivity contribution in [2.24, 2.45) is 5.92 Å². The van der Waals surface area contributed by atoms with E-state index in [9.17, 15) is 29.4 Å². The van der Waals surface area contributed by atoms with E-state index < -0.39 is 23.7 Å². The van der Waals surface area contributed by atoms with E-state index in [0.717, 1.165) is 64.0 Å². The highest BCUT2D eigenvalue weighted by Crippen LogP contribution is 2.38. The highest BCUT2D eigenvalue weighted by Gasteiger charge is 2.48. The number of carbonyl (C=O) groups is 4. The first kappa shape index (κ1) is 38.7. The number of piperidine rings is 2. The number of fused-ring (bicyclic) bond motifs is 1. The zero-order valence-electron chi connectivity index (χ0n) is 31.4. The van der Waals surface area contributed by atoms with Crippen LogP contribution in [0.15, 0.2) is 48.5 Å². The molecule has 15 nitrogen and oxygen atoms in total. The largest absolute Gasteiger partial charge is 0.490 e. The summed E-state index contributed by atoms with van der Waals surface area (Å²) < 4.78 is 6.07. The van der Waals surface area contributed by atoms with Crippen molar-refractivity contribution in [1.29, 1.82) is 5.26 Å². The van der Waals surface area contributed by atoms with Gasteiger partial charge in [-0.15, -0.1) is 10.2 Å². The highest BCUT2D eigenvalue weighted by atomic mass is 35.5. The van der Waals surface area contributed by atoms with Gasteiger partial charge in [0.05, 0.1) is 16.7 Å². The van der Waals surface area contributed by atoms with Gasteiger partial charge in [-0.2, -0.15) is 5.26 Å². The van der Waals surface area contributed by atoms with Gasteiger partial charge in [0.2, 0.25) is 11.8 Å². The number of nitrogens with zero attached hydrogens (tertiary/aromatic N) is 6. The predicted octanol–water partition coefficient (Wildman–Crippen LogP) is 2.88. The summed E-state index contributed by atoms with van der Waals surface area (Å²) in [6.45, 7) is 3.22. The number of aliphatic hydroxyl groups is 2. The van der Waals surface area contributed by atoms with E-state index in [4.69, 9.17) is 21.6 Å². The van der Waals surface area contributed by atoms with Crippen LogP contribution in [0.5, 0.6) is 5.75 Å². The van der Waals surface area contributed by atoms with Crippen LogP contribution < -0.4 is 20.3 Å². The van der Waals surface area contributed by atoms with Gasteiger partial charge in [0, 0.05) is 63.4 Å². The molecule has 57 heavy (non-hydrogen) atoms. The fourth-order valence-corrected chi connectivity index (χ4v) is 9.08. The normalized spacial score (nSPS) is 24.2. The molecule has 4 amide bonds. The third-order valence-electron chi connectivity index (χ3n) is 12.1. The summed E-state index contributed by atoms with van der Waals surface area (Å²) in [5.41, 5.74) is 1.03. The van der Waals surface area contributed by atoms with E-state index >= 15 is 0 Å². The number of β-amino-alcohol motifs (C(OH)–C–C–N with tert-alkyl or cyclic N) is 1. The first-order chi connectivity index (χ1) is 27.5. The van der Waals surface area contributed by atoms with Crippen LogP contribution in [0.2, 0.25) is 5.02 Å². The van der Waals surface area contributed by atoms with Crippen molar-refractivity contribution < 1.29 is 34.1 Å². The molecule has 16 heteroatoms. The molecule has 3 aromatic rings. The van der Waals surface area contributed by atoms with Gasteiger partial charge in [-0.3, -0.25) is 29.4 Å². The summed E-state index contributed by atoms with van der Waals surface area (Å²) in [6.07, 6.45) is 4.26. The average Bonchev–Trinajstić information content (AvgIpc) is 3.52. The number of imide groups is 1. The lowest BCUT2D eigenvalue weighted by atomic mass is 9.82. The Labute approximate surface area is 334 Å². The monoisotopic (exact) mass is 796 g/mol. The Hall–Kier alpha value is -5.14. The number of nitrogens with one attached hydrogen (secondary N) is 2. The van der Waals surface area contributed by atoms with Crippen molar-refractivity contribution in [2.75, 3.05) is 37.6 Å². The number of hydrogen-bond donors (Lipinski definition) is 4. The molecule has 5 aliphatic rings. The SMILES string of the molecule is N#Cc1ccc(OC2CCC(NC(=O)c3ccc(N4CCC(CN5CC(O)([C@@H](O)c6ccc7c(c6)CN(C6CCC(=O)NC6=O)C7=O)C5)CC4)nn3)CC2)cc1Cl. The van der Waals surface area contributed by atoms with Crippen molar-refractivity contribution in [1.82, 2.24) is 30.6 Å². The molecule has 1 unspecified atom stereocenters. The maximum atomic E-state index is 13.1. The van der Waals surface area contributed by atoms with Crippen LogP contribution in [0.25, 0.3) is 0 Å². The molecular formula is C41H45ClN8O7. The third kappa shape index (κ3) is 8.18. The lowest BCUT2D eigenvalue weighted by Gasteiger charge is -2.50. The molecular weight excluding hydrogens is 752 g/mol. The maximum absolute atomic E-state index is 13.1. The number of nitriles is 1. The van der Waals surface area contributed by atoms with Gasteiger partial charge in [-0.05, 0) is 92.3 Å². The van der Waals surface area contributed by atoms with E-state index in [-0.39, 0.29) is 54.9 Å². The smallest absolute Gasteiger partial charge is 0.272 e. The maximum Gasteiger partial charge on any atom is 0.272 e. The van der Waals surface area contributed by atoms with Crippen molar-refractivity contribution in [3.63, 3.8) is 0 Å². The fraction of sp³-hybridized carbons (Fsp3) is 0.488. The minimum atomic E-state index is -1.32. The Morgan fingerprint density at radius 1 is 1.02 bits per heavy atom. The van der Waals surface area contributed by atoms with E-state index in [1.807, 2.05) is 12.1 Å². The van der Waals surface area contributed by atoms with E-state index in [0.29, 0.717) is 52.0 Å². The number of hydrogen-bond acceptors (Lipinski definition) is 12. The number of aliphatic hydroxyl groups excluding tert-OH is 1. The molecule has 1 aromatic heterocycles. The quantitative estimate of drug-likeness (QED) is 0.219. The number of carbonyl (C=O) groups excluding carboxylic acids is 4. The Morgan fingerprint density at radius 2 is 1.79 bits per heavy atom. The van der Waals surface area contributed by atoms with Gasteiger partial charge in [0.1, 0.15) is 29.6 Å². The summed E-state index contributed by atoms with van der Waals surface area (Å²) in [5, 5.41) is 46.0. The number of amides is 4. The van der Waals surface area contributed by atoms with Crippen LogP contribution in [-0.2, 0) is 16.1 Å². The number of aromatic nitrogens is 2. The van der Waals surface area contributed by atoms with Gasteiger partial charge >= 0.3 is 0 Å². The van der Waals surface area contributed by atoms with Crippen LogP contribution in [0.1, 0.15) is 95.0 Å². The highest BCUT2D eigenvalue weighted by molar-refractivity contribution is 6.31. The lowest BCUT2D eigenvalue weighted by Crippen LogP contribution is -2.65. The summed E-state index contributed by atoms with van der Waals surface area (Å²) in [4.78, 5) is 55.8. The molecule has 3 saturated heterocycles. The number of benzene rings is 2. The summed E-state index contributed by atoms with van der Waals surface area (Å²) in [6, 6.07) is 15.0. The first-order valence-electron chi connectivity index (χ1n) is 19.6. The molecule has 5 heterocycles. The molecule has 4 fully saturated rings. The second-order valence-corrected chi connectivity index (χ2v) is 16.4. The molecule has 1 saturated carbocycles. The standard InChI is InChI=1S/C41H45ClN8O7/c42-32-18-30(5-1-26(32)19-43)57-29-6-3-28(4-7-29)44-38(53)33-9-11-35(47-46-33)49-15-13-24(14-16-49)20-48-22-41(56,23-48)37(52)25-2-8-31-27(17-25)21-50(40(31)55)34-10-12-36(51)45-39(34)54/h1-2,5,8-9,11,17-18,24,28-29,34,37,52,56H,3-4,6-7,10,12-16,20-23H2,(H,44,53)(H,45,51,54)/t28?,29?,34?,37-/m0/s1. The van der Waals surface area contributed by atoms with E-state index in [1.165, 1.54) is 4.90 Å². The molecule has 298 valence electrons. The number of likely N-dealkylation sites (tertiary alicyclic amines) is 1. The van der Waals surface area contributed by atoms with Crippen LogP contribution in [0.4, 0.5) is 5.82 Å². The Kier molecular flexibility index (Phi) is 10.9. The molecule has 2 atom stereocenters. The molecule has 1 aliphatic carbocycles. The Balaban J connectivity index is 0.755. The Bertz CT molecular complexity index is 2090. The topological polar surface area (TPSA) is 201 Å². The molecule has 8 rings (SSSR count). The summed E-state index contributed by atoms with van der Waals surface area (Å²) in [7, 11) is 0. The van der Waals surface area contributed by atoms with Gasteiger partial charge in [0.15, 0.2) is 11.5 Å². The summed E-state index contributed by atoms with van der Waals surface area (Å²) in [5.74, 6) is 0.420. The van der Waals surface area contributed by atoms with Crippen LogP contribution in [0.3, 0.4) is 0 Å². The van der Waals surface area contributed by atoms with Crippen LogP contribution in [0, 0.1) is 17.2 Å². The van der Waals surface area contributed by atoms with Gasteiger partial charge in [-0.25, -0.2) is 0 Å². The van der Waals surface area contributed by atoms with Crippen LogP contribution in [-0.4, -0.2) is 110 Å². The second kappa shape index (κ2) is 16.0. The van der Waals surface area contributed by atoms with E-state index in [1.54, 1.807) is 42.5 Å². The van der Waals surface area contributed by atoms with Gasteiger partial charge < -0.3 is 30.1 Å². The van der Waals surface area contributed by atoms with Crippen molar-refractivity contribution in [2.45, 2.75) is 87.8 Å². The molecule has 0 bridgehead atoms. The predicted molar refractivity (Wildman–Crippen MR) is 206 cm³/mol. The second-order valence-electron chi connectivity index (χ2n) is 16.0. The molecule has 0 spiro atoms. The summed E-state index contributed by atoms with van der Waals surface area (Å²) >= 11 is 6.14. The van der Waals surface area contributed by atoms with Gasteiger partial charge in [-0.1, -0.05) is 23.7 Å². The molecule has 4 aliphatic heterocycles. The van der Waals surface area contributed by atoms with Gasteiger partial charge in [0.25, 0.3) is 11.8 Å². The number of anilines is 1. The number of rotatable bonds is 10. The molecule has 2 aromatic carbocycles. The average molecular weight is 797 g/mol. The lowest BCUT2D eigenvalue weighted by molar-refractivity contribution is -0.170. The van der Waals surface area contributed by atoms with Crippen LogP contribution >= 0.6 is 11.6 Å². The number of halogens is 1. The Morgan fingerprint density at radius 3 is 2.47 bits per heavy atom. The van der Waals surface area contributed by atoms with E-state index in [2.05, 4.69) is 30.6 Å². The third-order valence-corrected chi connectivity index (χ3v) is 12.4. The fourth-order valence-electron chi connectivity index (χ4n) is 8.87. The van der Waals surface area contributed by atoms with Crippen molar-refractivity contribution >= 4 is 41.0 Å². The minimum Gasteiger partial charge on any atom is -0.490 e. The zero-order chi connectivity index (χ0) is 39.8. The first-order valence-corrected chi connectivity index (χ1v) is 20.0. The molecule has 0 radical (unpaired) electrons. The van der Waals surface area contributed by atoms with Crippen molar-refractivity contribution in [3.8, 4) is 11.8 Å². The minimum absolute atomic E-state index is 0.00700. The number of ether oxygens (including phenoxy) is 1. The van der Waals surface area contributed by atoms with Crippen molar-refractivity contribution in [3.05, 3.63) is 81.5 Å².